The first-order chi connectivity index (χ1) is 18.6. The molecule has 6 heteroatoms. The van der Waals surface area contributed by atoms with E-state index in [-0.39, 0.29) is 23.8 Å². The van der Waals surface area contributed by atoms with Crippen molar-refractivity contribution in [3.8, 4) is 28.5 Å². The van der Waals surface area contributed by atoms with Crippen molar-refractivity contribution in [2.24, 2.45) is 0 Å². The van der Waals surface area contributed by atoms with Gasteiger partial charge in [0.1, 0.15) is 5.75 Å². The van der Waals surface area contributed by atoms with E-state index in [1.54, 1.807) is 7.11 Å². The third-order valence-electron chi connectivity index (χ3n) is 7.95. The molecule has 0 unspecified atom stereocenters. The van der Waals surface area contributed by atoms with Gasteiger partial charge in [0.25, 0.3) is 0 Å². The highest BCUT2D eigenvalue weighted by Gasteiger charge is 2.32. The van der Waals surface area contributed by atoms with Crippen LogP contribution in [0.25, 0.3) is 22.0 Å². The minimum atomic E-state index is 0. The molecule has 1 aromatic heterocycles. The first-order valence-electron chi connectivity index (χ1n) is 13.9. The Kier molecular flexibility index (Phi) is 8.03. The SMILES string of the molecule is CCCCNc1c(OC)ccc2c(Cc3ccc(C(C)C)cc3)c3[n+](cc12)CCc1cc2c(cc1-3)OCO2.[Br-]. The highest BCUT2D eigenvalue weighted by molar-refractivity contribution is 6.00. The summed E-state index contributed by atoms with van der Waals surface area (Å²) in [5.74, 6) is 3.10. The zero-order valence-corrected chi connectivity index (χ0v) is 24.9. The second-order valence-corrected chi connectivity index (χ2v) is 10.7. The monoisotopic (exact) mass is 588 g/mol. The van der Waals surface area contributed by atoms with Gasteiger partial charge in [0.05, 0.1) is 23.7 Å². The molecule has 0 aliphatic carbocycles. The number of aromatic nitrogens is 1. The minimum Gasteiger partial charge on any atom is -1.00 e. The lowest BCUT2D eigenvalue weighted by Gasteiger charge is -2.22. The van der Waals surface area contributed by atoms with Gasteiger partial charge in [-0.3, -0.25) is 0 Å². The Morgan fingerprint density at radius 1 is 1.00 bits per heavy atom. The quantitative estimate of drug-likeness (QED) is 0.249. The predicted octanol–water partition coefficient (Wildman–Crippen LogP) is 4.02. The summed E-state index contributed by atoms with van der Waals surface area (Å²) in [6.07, 6.45) is 6.39. The Morgan fingerprint density at radius 3 is 2.49 bits per heavy atom. The molecule has 0 atom stereocenters. The fourth-order valence-electron chi connectivity index (χ4n) is 5.81. The Bertz CT molecular complexity index is 1500. The van der Waals surface area contributed by atoms with Crippen LogP contribution in [0.3, 0.4) is 0 Å². The molecular formula is C33H37BrN2O3. The number of nitrogens with one attached hydrogen (secondary N) is 1. The van der Waals surface area contributed by atoms with Gasteiger partial charge in [0, 0.05) is 30.3 Å². The number of benzene rings is 3. The molecule has 1 N–H and O–H groups in total. The molecule has 2 aliphatic rings. The van der Waals surface area contributed by atoms with Gasteiger partial charge in [0.15, 0.2) is 24.2 Å². The lowest BCUT2D eigenvalue weighted by molar-refractivity contribution is -0.686. The van der Waals surface area contributed by atoms with E-state index in [4.69, 9.17) is 14.2 Å². The standard InChI is InChI=1S/C33H36N2O3.BrH/c1-5-6-14-34-32-28-19-35-15-13-24-17-30-31(38-20-37-30)18-26(24)33(35)27(25(28)11-12-29(32)36-4)16-22-7-9-23(10-8-22)21(2)3;/h7-12,17-19,21H,5-6,13-16,20H2,1-4H3;1H. The van der Waals surface area contributed by atoms with Crippen molar-refractivity contribution in [1.82, 2.24) is 0 Å². The summed E-state index contributed by atoms with van der Waals surface area (Å²) in [7, 11) is 1.76. The number of unbranched alkanes of at least 4 members (excludes halogenated alkanes) is 1. The third-order valence-corrected chi connectivity index (χ3v) is 7.95. The molecule has 3 aromatic carbocycles. The number of pyridine rings is 1. The van der Waals surface area contributed by atoms with E-state index < -0.39 is 0 Å². The van der Waals surface area contributed by atoms with Crippen molar-refractivity contribution in [3.63, 3.8) is 0 Å². The molecular weight excluding hydrogens is 552 g/mol. The maximum absolute atomic E-state index is 5.83. The fraction of sp³-hybridized carbons (Fsp3) is 0.364. The second-order valence-electron chi connectivity index (χ2n) is 10.7. The van der Waals surface area contributed by atoms with Crippen LogP contribution in [-0.2, 0) is 19.4 Å². The molecule has 0 saturated carbocycles. The summed E-state index contributed by atoms with van der Waals surface area (Å²) in [5.41, 5.74) is 8.94. The molecule has 0 amide bonds. The molecule has 4 aromatic rings. The smallest absolute Gasteiger partial charge is 0.231 e. The van der Waals surface area contributed by atoms with E-state index in [1.807, 2.05) is 0 Å². The minimum absolute atomic E-state index is 0. The number of rotatable bonds is 8. The topological polar surface area (TPSA) is 43.6 Å². The summed E-state index contributed by atoms with van der Waals surface area (Å²) in [5, 5.41) is 6.17. The molecule has 0 radical (unpaired) electrons. The van der Waals surface area contributed by atoms with Gasteiger partial charge in [-0.2, -0.15) is 4.57 Å². The van der Waals surface area contributed by atoms with Gasteiger partial charge in [-0.05, 0) is 53.3 Å². The number of ether oxygens (including phenoxy) is 3. The Balaban J connectivity index is 0.00000308. The first-order valence-corrected chi connectivity index (χ1v) is 13.9. The number of nitrogens with zero attached hydrogens (tertiary/aromatic N) is 1. The summed E-state index contributed by atoms with van der Waals surface area (Å²) in [6, 6.07) is 17.8. The summed E-state index contributed by atoms with van der Waals surface area (Å²) >= 11 is 0. The Hall–Kier alpha value is -3.25. The fourth-order valence-corrected chi connectivity index (χ4v) is 5.81. The number of anilines is 1. The van der Waals surface area contributed by atoms with Crippen LogP contribution < -0.4 is 41.1 Å². The number of aryl methyl sites for hydroxylation is 2. The molecule has 0 fully saturated rings. The van der Waals surface area contributed by atoms with Gasteiger partial charge in [0.2, 0.25) is 12.5 Å². The maximum Gasteiger partial charge on any atom is 0.231 e. The van der Waals surface area contributed by atoms with Crippen LogP contribution in [0.4, 0.5) is 5.69 Å². The van der Waals surface area contributed by atoms with E-state index >= 15 is 0 Å². The molecule has 3 heterocycles. The van der Waals surface area contributed by atoms with Crippen LogP contribution in [0, 0.1) is 0 Å². The molecule has 6 rings (SSSR count). The summed E-state index contributed by atoms with van der Waals surface area (Å²) < 4.78 is 19.8. The highest BCUT2D eigenvalue weighted by atomic mass is 79.9. The lowest BCUT2D eigenvalue weighted by atomic mass is 9.88. The van der Waals surface area contributed by atoms with Crippen molar-refractivity contribution >= 4 is 16.5 Å². The van der Waals surface area contributed by atoms with Crippen LogP contribution in [0.2, 0.25) is 0 Å². The largest absolute Gasteiger partial charge is 1.00 e. The van der Waals surface area contributed by atoms with Crippen molar-refractivity contribution in [1.29, 1.82) is 0 Å². The molecule has 0 saturated heterocycles. The van der Waals surface area contributed by atoms with Crippen LogP contribution in [-0.4, -0.2) is 20.4 Å². The van der Waals surface area contributed by atoms with E-state index in [2.05, 4.69) is 85.4 Å². The normalized spacial score (nSPS) is 13.2. The van der Waals surface area contributed by atoms with E-state index in [0.717, 1.165) is 61.7 Å². The first kappa shape index (κ1) is 27.3. The Labute approximate surface area is 241 Å². The Morgan fingerprint density at radius 2 is 1.77 bits per heavy atom. The zero-order chi connectivity index (χ0) is 26.2. The van der Waals surface area contributed by atoms with Crippen LogP contribution in [0.15, 0.2) is 54.7 Å². The van der Waals surface area contributed by atoms with Gasteiger partial charge >= 0.3 is 0 Å². The van der Waals surface area contributed by atoms with Gasteiger partial charge in [-0.1, -0.05) is 51.5 Å². The third kappa shape index (κ3) is 5.07. The number of methoxy groups -OCH3 is 1. The highest BCUT2D eigenvalue weighted by Crippen LogP contribution is 2.43. The van der Waals surface area contributed by atoms with E-state index in [1.165, 1.54) is 44.3 Å². The number of hydrogen-bond acceptors (Lipinski definition) is 4. The maximum atomic E-state index is 5.83. The second kappa shape index (κ2) is 11.5. The molecule has 0 bridgehead atoms. The number of fused-ring (bicyclic) bond motifs is 5. The molecule has 0 spiro atoms. The molecule has 204 valence electrons. The average Bonchev–Trinajstić information content (AvgIpc) is 3.39. The van der Waals surface area contributed by atoms with Crippen molar-refractivity contribution in [2.45, 2.75) is 58.9 Å². The molecule has 5 nitrogen and oxygen atoms in total. The van der Waals surface area contributed by atoms with Crippen LogP contribution in [0.1, 0.15) is 61.8 Å². The molecule has 39 heavy (non-hydrogen) atoms. The van der Waals surface area contributed by atoms with E-state index in [9.17, 15) is 0 Å². The van der Waals surface area contributed by atoms with Crippen molar-refractivity contribution in [2.75, 3.05) is 25.8 Å². The summed E-state index contributed by atoms with van der Waals surface area (Å²) in [6.45, 7) is 8.84. The number of hydrogen-bond donors (Lipinski definition) is 1. The molecule has 2 aliphatic heterocycles. The summed E-state index contributed by atoms with van der Waals surface area (Å²) in [4.78, 5) is 0. The van der Waals surface area contributed by atoms with Gasteiger partial charge in [-0.25, -0.2) is 0 Å². The van der Waals surface area contributed by atoms with Gasteiger partial charge < -0.3 is 36.5 Å². The van der Waals surface area contributed by atoms with Crippen LogP contribution in [0.5, 0.6) is 17.2 Å². The van der Waals surface area contributed by atoms with Crippen molar-refractivity contribution < 1.29 is 35.8 Å². The average molecular weight is 590 g/mol. The van der Waals surface area contributed by atoms with Gasteiger partial charge in [-0.15, -0.1) is 0 Å². The van der Waals surface area contributed by atoms with E-state index in [0.29, 0.717) is 5.92 Å². The predicted molar refractivity (Wildman–Crippen MR) is 153 cm³/mol. The van der Waals surface area contributed by atoms with Crippen LogP contribution >= 0.6 is 0 Å². The number of halogens is 1. The zero-order valence-electron chi connectivity index (χ0n) is 23.3. The lowest BCUT2D eigenvalue weighted by Crippen LogP contribution is -3.00. The van der Waals surface area contributed by atoms with Crippen molar-refractivity contribution in [3.05, 3.63) is 77.0 Å².